The van der Waals surface area contributed by atoms with Gasteiger partial charge in [0.2, 0.25) is 11.8 Å². The molecule has 5 heteroatoms. The Kier molecular flexibility index (Phi) is 5.14. The van der Waals surface area contributed by atoms with Crippen LogP contribution in [0.2, 0.25) is 0 Å². The minimum absolute atomic E-state index is 0.00152. The van der Waals surface area contributed by atoms with E-state index in [2.05, 4.69) is 0 Å². The lowest BCUT2D eigenvalue weighted by Crippen LogP contribution is -2.55. The summed E-state index contributed by atoms with van der Waals surface area (Å²) in [6.45, 7) is 10.1. The fourth-order valence-corrected chi connectivity index (χ4v) is 2.01. The van der Waals surface area contributed by atoms with E-state index in [-0.39, 0.29) is 23.7 Å². The number of carbonyl (C=O) groups excluding carboxylic acids is 2. The first-order valence-electron chi connectivity index (χ1n) is 6.67. The molecule has 1 atom stereocenters. The molecule has 1 fully saturated rings. The van der Waals surface area contributed by atoms with Gasteiger partial charge in [-0.25, -0.2) is 0 Å². The molecule has 0 saturated carbocycles. The van der Waals surface area contributed by atoms with Crippen molar-refractivity contribution in [3.8, 4) is 0 Å². The summed E-state index contributed by atoms with van der Waals surface area (Å²) in [6, 6.07) is -0.433. The number of carbonyl (C=O) groups is 2. The molecule has 1 rings (SSSR count). The SMILES string of the molecule is CC(C)C(=O)N1CCN(C(=O)[C@H](N)C(C)C)CC1. The number of hydrogen-bond donors (Lipinski definition) is 1. The third kappa shape index (κ3) is 3.45. The molecule has 5 nitrogen and oxygen atoms in total. The third-order valence-electron chi connectivity index (χ3n) is 3.40. The maximum absolute atomic E-state index is 12.0. The van der Waals surface area contributed by atoms with Gasteiger partial charge in [0.25, 0.3) is 0 Å². The van der Waals surface area contributed by atoms with Crippen LogP contribution in [0.3, 0.4) is 0 Å². The van der Waals surface area contributed by atoms with E-state index in [1.165, 1.54) is 0 Å². The van der Waals surface area contributed by atoms with Gasteiger partial charge in [0, 0.05) is 32.1 Å². The predicted molar refractivity (Wildman–Crippen MR) is 70.8 cm³/mol. The van der Waals surface area contributed by atoms with Crippen LogP contribution in [0.25, 0.3) is 0 Å². The van der Waals surface area contributed by atoms with Crippen LogP contribution in [0, 0.1) is 11.8 Å². The Balaban J connectivity index is 2.49. The average Bonchev–Trinajstić information content (AvgIpc) is 2.36. The number of piperazine rings is 1. The van der Waals surface area contributed by atoms with E-state index < -0.39 is 6.04 Å². The maximum atomic E-state index is 12.0. The first-order chi connectivity index (χ1) is 8.34. The molecule has 1 aliphatic heterocycles. The van der Waals surface area contributed by atoms with Crippen LogP contribution in [-0.2, 0) is 9.59 Å². The van der Waals surface area contributed by atoms with Crippen LogP contribution in [-0.4, -0.2) is 53.8 Å². The van der Waals surface area contributed by atoms with E-state index in [1.54, 1.807) is 4.90 Å². The summed E-state index contributed by atoms with van der Waals surface area (Å²) < 4.78 is 0. The molecule has 104 valence electrons. The summed E-state index contributed by atoms with van der Waals surface area (Å²) in [6.07, 6.45) is 0. The van der Waals surface area contributed by atoms with Gasteiger partial charge >= 0.3 is 0 Å². The van der Waals surface area contributed by atoms with Crippen molar-refractivity contribution in [1.82, 2.24) is 9.80 Å². The van der Waals surface area contributed by atoms with Crippen molar-refractivity contribution in [2.24, 2.45) is 17.6 Å². The van der Waals surface area contributed by atoms with Crippen LogP contribution in [0.5, 0.6) is 0 Å². The largest absolute Gasteiger partial charge is 0.339 e. The molecule has 18 heavy (non-hydrogen) atoms. The van der Waals surface area contributed by atoms with Gasteiger partial charge in [-0.15, -0.1) is 0 Å². The summed E-state index contributed by atoms with van der Waals surface area (Å²) in [5, 5.41) is 0. The van der Waals surface area contributed by atoms with Crippen LogP contribution >= 0.6 is 0 Å². The number of nitrogens with two attached hydrogens (primary N) is 1. The summed E-state index contributed by atoms with van der Waals surface area (Å²) in [4.78, 5) is 27.5. The zero-order valence-electron chi connectivity index (χ0n) is 11.8. The van der Waals surface area contributed by atoms with Crippen LogP contribution in [0.15, 0.2) is 0 Å². The molecule has 1 saturated heterocycles. The molecule has 0 aromatic rings. The molecular weight excluding hydrogens is 230 g/mol. The highest BCUT2D eigenvalue weighted by molar-refractivity contribution is 5.82. The summed E-state index contributed by atoms with van der Waals surface area (Å²) >= 11 is 0. The van der Waals surface area contributed by atoms with Gasteiger partial charge in [-0.1, -0.05) is 27.7 Å². The first kappa shape index (κ1) is 15.0. The van der Waals surface area contributed by atoms with Crippen LogP contribution in [0.4, 0.5) is 0 Å². The van der Waals surface area contributed by atoms with E-state index in [9.17, 15) is 9.59 Å². The maximum Gasteiger partial charge on any atom is 0.239 e. The van der Waals surface area contributed by atoms with Gasteiger partial charge in [-0.2, -0.15) is 0 Å². The molecule has 0 aromatic heterocycles. The van der Waals surface area contributed by atoms with Gasteiger partial charge in [-0.3, -0.25) is 9.59 Å². The van der Waals surface area contributed by atoms with E-state index in [0.29, 0.717) is 26.2 Å². The number of nitrogens with zero attached hydrogens (tertiary/aromatic N) is 2. The lowest BCUT2D eigenvalue weighted by molar-refractivity contribution is -0.142. The van der Waals surface area contributed by atoms with Gasteiger partial charge in [0.05, 0.1) is 6.04 Å². The Hall–Kier alpha value is -1.10. The fraction of sp³-hybridized carbons (Fsp3) is 0.846. The molecule has 0 aromatic carbocycles. The van der Waals surface area contributed by atoms with Crippen molar-refractivity contribution >= 4 is 11.8 Å². The molecule has 2 amide bonds. The molecule has 0 unspecified atom stereocenters. The van der Waals surface area contributed by atoms with Crippen molar-refractivity contribution in [3.05, 3.63) is 0 Å². The molecule has 0 bridgehead atoms. The minimum atomic E-state index is -0.433. The standard InChI is InChI=1S/C13H25N3O2/c1-9(2)11(14)13(18)16-7-5-15(6-8-16)12(17)10(3)4/h9-11H,5-8,14H2,1-4H3/t11-/m1/s1. The summed E-state index contributed by atoms with van der Waals surface area (Å²) in [7, 11) is 0. The minimum Gasteiger partial charge on any atom is -0.339 e. The lowest BCUT2D eigenvalue weighted by atomic mass is 10.0. The quantitative estimate of drug-likeness (QED) is 0.788. The summed E-state index contributed by atoms with van der Waals surface area (Å²) in [5.41, 5.74) is 5.86. The zero-order chi connectivity index (χ0) is 13.9. The Morgan fingerprint density at radius 1 is 0.889 bits per heavy atom. The smallest absolute Gasteiger partial charge is 0.239 e. The average molecular weight is 255 g/mol. The highest BCUT2D eigenvalue weighted by Gasteiger charge is 2.28. The van der Waals surface area contributed by atoms with E-state index in [4.69, 9.17) is 5.73 Å². The summed E-state index contributed by atoms with van der Waals surface area (Å²) in [5.74, 6) is 0.329. The van der Waals surface area contributed by atoms with Crippen LogP contribution < -0.4 is 5.73 Å². The molecule has 0 spiro atoms. The topological polar surface area (TPSA) is 66.6 Å². The van der Waals surface area contributed by atoms with Crippen molar-refractivity contribution in [2.75, 3.05) is 26.2 Å². The van der Waals surface area contributed by atoms with E-state index in [0.717, 1.165) is 0 Å². The second-order valence-corrected chi connectivity index (χ2v) is 5.58. The Morgan fingerprint density at radius 3 is 1.61 bits per heavy atom. The van der Waals surface area contributed by atoms with Crippen molar-refractivity contribution in [1.29, 1.82) is 0 Å². The van der Waals surface area contributed by atoms with Gasteiger partial charge in [0.15, 0.2) is 0 Å². The van der Waals surface area contributed by atoms with Gasteiger partial charge in [0.1, 0.15) is 0 Å². The molecule has 2 N–H and O–H groups in total. The van der Waals surface area contributed by atoms with E-state index >= 15 is 0 Å². The Morgan fingerprint density at radius 2 is 1.28 bits per heavy atom. The third-order valence-corrected chi connectivity index (χ3v) is 3.40. The van der Waals surface area contributed by atoms with Crippen molar-refractivity contribution in [3.63, 3.8) is 0 Å². The fourth-order valence-electron chi connectivity index (χ4n) is 2.01. The van der Waals surface area contributed by atoms with Gasteiger partial charge in [-0.05, 0) is 5.92 Å². The van der Waals surface area contributed by atoms with E-state index in [1.807, 2.05) is 32.6 Å². The van der Waals surface area contributed by atoms with Gasteiger partial charge < -0.3 is 15.5 Å². The Labute approximate surface area is 109 Å². The monoisotopic (exact) mass is 255 g/mol. The molecule has 1 heterocycles. The highest BCUT2D eigenvalue weighted by Crippen LogP contribution is 2.10. The van der Waals surface area contributed by atoms with Crippen molar-refractivity contribution < 1.29 is 9.59 Å². The van der Waals surface area contributed by atoms with Crippen LogP contribution in [0.1, 0.15) is 27.7 Å². The molecule has 1 aliphatic rings. The normalized spacial score (nSPS) is 18.4. The second kappa shape index (κ2) is 6.18. The molecular formula is C13H25N3O2. The predicted octanol–water partition coefficient (Wildman–Crippen LogP) is 0.297. The molecule has 0 aliphatic carbocycles. The number of hydrogen-bond acceptors (Lipinski definition) is 3. The number of amides is 2. The lowest BCUT2D eigenvalue weighted by Gasteiger charge is -2.37. The first-order valence-corrected chi connectivity index (χ1v) is 6.67. The zero-order valence-corrected chi connectivity index (χ0v) is 11.8. The second-order valence-electron chi connectivity index (χ2n) is 5.58. The molecule has 0 radical (unpaired) electrons. The number of rotatable bonds is 3. The van der Waals surface area contributed by atoms with Crippen molar-refractivity contribution in [2.45, 2.75) is 33.7 Å². The highest BCUT2D eigenvalue weighted by atomic mass is 16.2. The Bertz CT molecular complexity index is 307.